The van der Waals surface area contributed by atoms with Gasteiger partial charge in [-0.25, -0.2) is 4.68 Å². The van der Waals surface area contributed by atoms with Crippen LogP contribution in [0.3, 0.4) is 0 Å². The molecule has 0 saturated heterocycles. The molecule has 1 saturated carbocycles. The second-order valence-electron chi connectivity index (χ2n) is 6.30. The van der Waals surface area contributed by atoms with Crippen molar-refractivity contribution in [3.05, 3.63) is 12.3 Å². The lowest BCUT2D eigenvalue weighted by Crippen LogP contribution is -2.38. The molecule has 0 aromatic carbocycles. The highest BCUT2D eigenvalue weighted by atomic mass is 16.3. The van der Waals surface area contributed by atoms with Gasteiger partial charge in [-0.1, -0.05) is 19.8 Å². The first-order valence-electron chi connectivity index (χ1n) is 8.28. The van der Waals surface area contributed by atoms with Crippen LogP contribution in [0, 0.1) is 5.92 Å². The summed E-state index contributed by atoms with van der Waals surface area (Å²) in [5.41, 5.74) is 0. The van der Waals surface area contributed by atoms with Crippen LogP contribution in [0.5, 0.6) is 0 Å². The van der Waals surface area contributed by atoms with Crippen molar-refractivity contribution in [3.63, 3.8) is 0 Å². The summed E-state index contributed by atoms with van der Waals surface area (Å²) < 4.78 is 1.81. The van der Waals surface area contributed by atoms with E-state index < -0.39 is 0 Å². The van der Waals surface area contributed by atoms with Crippen LogP contribution in [-0.4, -0.2) is 51.9 Å². The van der Waals surface area contributed by atoms with Crippen molar-refractivity contribution in [1.82, 2.24) is 14.7 Å². The standard InChI is InChI=1S/C16H28N4O2/c1-3-10-20-15(8-9-17-20)18-16(22)12-19(2)11-13-6-4-5-7-14(13)21/h8-9,13-14,21H,3-7,10-12H2,1-2H3,(H,18,22). The zero-order valence-corrected chi connectivity index (χ0v) is 13.7. The Hall–Kier alpha value is -1.40. The van der Waals surface area contributed by atoms with Crippen molar-refractivity contribution in [2.24, 2.45) is 5.92 Å². The van der Waals surface area contributed by atoms with E-state index in [0.717, 1.165) is 44.6 Å². The predicted molar refractivity (Wildman–Crippen MR) is 86.6 cm³/mol. The van der Waals surface area contributed by atoms with Crippen molar-refractivity contribution >= 4 is 11.7 Å². The van der Waals surface area contributed by atoms with E-state index in [1.165, 1.54) is 6.42 Å². The number of rotatable bonds is 7. The third kappa shape index (κ3) is 4.81. The lowest BCUT2D eigenvalue weighted by Gasteiger charge is -2.30. The van der Waals surface area contributed by atoms with E-state index in [-0.39, 0.29) is 17.9 Å². The van der Waals surface area contributed by atoms with Gasteiger partial charge in [-0.15, -0.1) is 0 Å². The zero-order valence-electron chi connectivity index (χ0n) is 13.7. The van der Waals surface area contributed by atoms with E-state index in [0.29, 0.717) is 6.54 Å². The topological polar surface area (TPSA) is 70.4 Å². The summed E-state index contributed by atoms with van der Waals surface area (Å²) in [7, 11) is 1.93. The Morgan fingerprint density at radius 1 is 1.50 bits per heavy atom. The molecule has 0 bridgehead atoms. The number of nitrogens with zero attached hydrogens (tertiary/aromatic N) is 3. The van der Waals surface area contributed by atoms with Crippen molar-refractivity contribution < 1.29 is 9.90 Å². The largest absolute Gasteiger partial charge is 0.393 e. The van der Waals surface area contributed by atoms with Crippen LogP contribution < -0.4 is 5.32 Å². The van der Waals surface area contributed by atoms with Gasteiger partial charge in [0.05, 0.1) is 18.8 Å². The molecule has 2 atom stereocenters. The van der Waals surface area contributed by atoms with Crippen LogP contribution in [0.15, 0.2) is 12.3 Å². The second kappa shape index (κ2) is 8.29. The first-order chi connectivity index (χ1) is 10.6. The normalized spacial score (nSPS) is 22.0. The van der Waals surface area contributed by atoms with Gasteiger partial charge in [0, 0.05) is 19.2 Å². The summed E-state index contributed by atoms with van der Waals surface area (Å²) in [5.74, 6) is 1.00. The Kier molecular flexibility index (Phi) is 6.39. The van der Waals surface area contributed by atoms with E-state index in [1.54, 1.807) is 6.20 Å². The van der Waals surface area contributed by atoms with Gasteiger partial charge in [-0.05, 0) is 32.2 Å². The van der Waals surface area contributed by atoms with Crippen LogP contribution >= 0.6 is 0 Å². The molecule has 0 radical (unpaired) electrons. The minimum atomic E-state index is -0.217. The van der Waals surface area contributed by atoms with Gasteiger partial charge in [0.1, 0.15) is 5.82 Å². The monoisotopic (exact) mass is 308 g/mol. The molecule has 1 aromatic rings. The van der Waals surface area contributed by atoms with Crippen molar-refractivity contribution in [3.8, 4) is 0 Å². The number of hydrogen-bond acceptors (Lipinski definition) is 4. The third-order valence-electron chi connectivity index (χ3n) is 4.25. The lowest BCUT2D eigenvalue weighted by atomic mass is 9.86. The molecule has 1 fully saturated rings. The van der Waals surface area contributed by atoms with Crippen LogP contribution in [0.2, 0.25) is 0 Å². The van der Waals surface area contributed by atoms with Gasteiger partial charge in [0.15, 0.2) is 0 Å². The molecule has 124 valence electrons. The molecule has 2 unspecified atom stereocenters. The highest BCUT2D eigenvalue weighted by molar-refractivity contribution is 5.91. The Morgan fingerprint density at radius 2 is 2.27 bits per heavy atom. The van der Waals surface area contributed by atoms with Crippen molar-refractivity contribution in [2.75, 3.05) is 25.5 Å². The number of carbonyl (C=O) groups is 1. The van der Waals surface area contributed by atoms with Crippen LogP contribution in [0.25, 0.3) is 0 Å². The number of aromatic nitrogens is 2. The van der Waals surface area contributed by atoms with Crippen molar-refractivity contribution in [1.29, 1.82) is 0 Å². The average Bonchev–Trinajstić information content (AvgIpc) is 2.89. The fourth-order valence-corrected chi connectivity index (χ4v) is 3.12. The summed E-state index contributed by atoms with van der Waals surface area (Å²) in [6.07, 6.45) is 6.70. The molecule has 1 aliphatic rings. The first kappa shape index (κ1) is 17.0. The van der Waals surface area contributed by atoms with E-state index >= 15 is 0 Å². The SMILES string of the molecule is CCCn1nccc1NC(=O)CN(C)CC1CCCCC1O. The number of hydrogen-bond donors (Lipinski definition) is 2. The minimum absolute atomic E-state index is 0.0364. The lowest BCUT2D eigenvalue weighted by molar-refractivity contribution is -0.117. The van der Waals surface area contributed by atoms with Gasteiger partial charge < -0.3 is 10.4 Å². The number of carbonyl (C=O) groups excluding carboxylic acids is 1. The van der Waals surface area contributed by atoms with Gasteiger partial charge in [0.2, 0.25) is 5.91 Å². The molecule has 1 aliphatic carbocycles. The summed E-state index contributed by atoms with van der Waals surface area (Å²) in [6.45, 7) is 3.98. The smallest absolute Gasteiger partial charge is 0.239 e. The second-order valence-corrected chi connectivity index (χ2v) is 6.30. The van der Waals surface area contributed by atoms with E-state index in [2.05, 4.69) is 17.3 Å². The number of likely N-dealkylation sites (N-methyl/N-ethyl adjacent to an activating group) is 1. The van der Waals surface area contributed by atoms with Gasteiger partial charge >= 0.3 is 0 Å². The van der Waals surface area contributed by atoms with Crippen LogP contribution in [0.1, 0.15) is 39.0 Å². The number of aliphatic hydroxyl groups excluding tert-OH is 1. The highest BCUT2D eigenvalue weighted by Crippen LogP contribution is 2.24. The van der Waals surface area contributed by atoms with Crippen LogP contribution in [-0.2, 0) is 11.3 Å². The molecule has 22 heavy (non-hydrogen) atoms. The fraction of sp³-hybridized carbons (Fsp3) is 0.750. The molecule has 1 amide bonds. The maximum Gasteiger partial charge on any atom is 0.239 e. The summed E-state index contributed by atoms with van der Waals surface area (Å²) in [4.78, 5) is 14.1. The van der Waals surface area contributed by atoms with Crippen LogP contribution in [0.4, 0.5) is 5.82 Å². The predicted octanol–water partition coefficient (Wildman–Crippen LogP) is 1.71. The Bertz CT molecular complexity index is 474. The number of anilines is 1. The number of amides is 1. The molecular weight excluding hydrogens is 280 g/mol. The minimum Gasteiger partial charge on any atom is -0.393 e. The third-order valence-corrected chi connectivity index (χ3v) is 4.25. The molecule has 2 rings (SSSR count). The average molecular weight is 308 g/mol. The zero-order chi connectivity index (χ0) is 15.9. The summed E-state index contributed by atoms with van der Waals surface area (Å²) in [5, 5.41) is 17.1. The number of aliphatic hydroxyl groups is 1. The van der Waals surface area contributed by atoms with Gasteiger partial charge in [-0.3, -0.25) is 9.69 Å². The molecule has 0 aliphatic heterocycles. The van der Waals surface area contributed by atoms with E-state index in [4.69, 9.17) is 0 Å². The molecule has 2 N–H and O–H groups in total. The first-order valence-corrected chi connectivity index (χ1v) is 8.28. The molecular formula is C16H28N4O2. The summed E-state index contributed by atoms with van der Waals surface area (Å²) >= 11 is 0. The molecule has 6 heteroatoms. The Balaban J connectivity index is 1.79. The maximum absolute atomic E-state index is 12.1. The number of aryl methyl sites for hydroxylation is 1. The molecule has 1 heterocycles. The molecule has 1 aromatic heterocycles. The summed E-state index contributed by atoms with van der Waals surface area (Å²) in [6, 6.07) is 1.82. The highest BCUT2D eigenvalue weighted by Gasteiger charge is 2.24. The van der Waals surface area contributed by atoms with E-state index in [9.17, 15) is 9.90 Å². The maximum atomic E-state index is 12.1. The fourth-order valence-electron chi connectivity index (χ4n) is 3.12. The number of nitrogens with one attached hydrogen (secondary N) is 1. The van der Waals surface area contributed by atoms with E-state index in [1.807, 2.05) is 22.7 Å². The van der Waals surface area contributed by atoms with Gasteiger partial charge in [-0.2, -0.15) is 5.10 Å². The Labute approximate surface area is 132 Å². The molecule has 6 nitrogen and oxygen atoms in total. The van der Waals surface area contributed by atoms with Crippen molar-refractivity contribution in [2.45, 2.75) is 51.7 Å². The Morgan fingerprint density at radius 3 is 3.00 bits per heavy atom. The quantitative estimate of drug-likeness (QED) is 0.804. The molecule has 0 spiro atoms. The van der Waals surface area contributed by atoms with Gasteiger partial charge in [0.25, 0.3) is 0 Å².